The average molecular weight is 187 g/mol. The zero-order valence-corrected chi connectivity index (χ0v) is 8.42. The van der Waals surface area contributed by atoms with Gasteiger partial charge in [0, 0.05) is 13.7 Å². The van der Waals surface area contributed by atoms with Gasteiger partial charge in [0.1, 0.15) is 5.54 Å². The highest BCUT2D eigenvalue weighted by molar-refractivity contribution is 5.80. The minimum Gasteiger partial charge on any atom is -0.468 e. The van der Waals surface area contributed by atoms with Crippen molar-refractivity contribution >= 4 is 5.97 Å². The van der Waals surface area contributed by atoms with Gasteiger partial charge in [-0.05, 0) is 19.3 Å². The maximum Gasteiger partial charge on any atom is 0.325 e. The number of nitrogens with one attached hydrogen (secondary N) is 1. The predicted octanol–water partition coefficient (Wildman–Crippen LogP) is 0.174. The number of esters is 1. The summed E-state index contributed by atoms with van der Waals surface area (Å²) < 4.78 is 9.76. The van der Waals surface area contributed by atoms with Crippen LogP contribution in [0.1, 0.15) is 13.3 Å². The zero-order chi connectivity index (χ0) is 9.90. The smallest absolute Gasteiger partial charge is 0.325 e. The number of hydrogen-bond donors (Lipinski definition) is 1. The second-order valence-electron chi connectivity index (χ2n) is 3.73. The van der Waals surface area contributed by atoms with E-state index in [4.69, 9.17) is 9.47 Å². The molecule has 1 rings (SSSR count). The molecule has 0 radical (unpaired) electrons. The summed E-state index contributed by atoms with van der Waals surface area (Å²) in [6, 6.07) is 0. The lowest BCUT2D eigenvalue weighted by Crippen LogP contribution is -2.45. The number of carbonyl (C=O) groups is 1. The first-order valence-electron chi connectivity index (χ1n) is 4.45. The molecule has 0 amide bonds. The van der Waals surface area contributed by atoms with Gasteiger partial charge in [-0.25, -0.2) is 0 Å². The summed E-state index contributed by atoms with van der Waals surface area (Å²) in [6.45, 7) is 3.38. The van der Waals surface area contributed by atoms with Crippen molar-refractivity contribution in [3.8, 4) is 0 Å². The van der Waals surface area contributed by atoms with Crippen LogP contribution in [0.2, 0.25) is 0 Å². The van der Waals surface area contributed by atoms with Gasteiger partial charge in [0.05, 0.1) is 13.7 Å². The molecule has 4 nitrogen and oxygen atoms in total. The van der Waals surface area contributed by atoms with Crippen LogP contribution >= 0.6 is 0 Å². The van der Waals surface area contributed by atoms with Crippen molar-refractivity contribution < 1.29 is 14.3 Å². The van der Waals surface area contributed by atoms with Crippen molar-refractivity contribution in [2.75, 3.05) is 27.4 Å². The van der Waals surface area contributed by atoms with Gasteiger partial charge in [-0.15, -0.1) is 0 Å². The van der Waals surface area contributed by atoms with Gasteiger partial charge in [0.2, 0.25) is 0 Å². The molecule has 13 heavy (non-hydrogen) atoms. The Kier molecular flexibility index (Phi) is 3.27. The summed E-state index contributed by atoms with van der Waals surface area (Å²) in [5.41, 5.74) is -0.516. The van der Waals surface area contributed by atoms with E-state index in [9.17, 15) is 4.79 Å². The zero-order valence-electron chi connectivity index (χ0n) is 8.42. The highest BCUT2D eigenvalue weighted by atomic mass is 16.5. The topological polar surface area (TPSA) is 47.6 Å². The molecule has 2 atom stereocenters. The number of methoxy groups -OCH3 is 2. The summed E-state index contributed by atoms with van der Waals surface area (Å²) in [5, 5.41) is 3.16. The molecule has 76 valence electrons. The lowest BCUT2D eigenvalue weighted by molar-refractivity contribution is -0.147. The molecule has 0 aromatic carbocycles. The largest absolute Gasteiger partial charge is 0.468 e. The molecule has 4 heteroatoms. The van der Waals surface area contributed by atoms with Crippen LogP contribution in [0.15, 0.2) is 0 Å². The summed E-state index contributed by atoms with van der Waals surface area (Å²) in [7, 11) is 3.09. The Morgan fingerprint density at radius 1 is 1.62 bits per heavy atom. The summed E-state index contributed by atoms with van der Waals surface area (Å²) in [6.07, 6.45) is 0.785. The third kappa shape index (κ3) is 2.19. The van der Waals surface area contributed by atoms with Gasteiger partial charge in [0.15, 0.2) is 0 Å². The molecule has 1 N–H and O–H groups in total. The van der Waals surface area contributed by atoms with E-state index in [-0.39, 0.29) is 5.97 Å². The maximum absolute atomic E-state index is 11.4. The highest BCUT2D eigenvalue weighted by Crippen LogP contribution is 2.25. The van der Waals surface area contributed by atoms with E-state index < -0.39 is 5.54 Å². The van der Waals surface area contributed by atoms with E-state index in [1.54, 1.807) is 7.11 Å². The highest BCUT2D eigenvalue weighted by Gasteiger charge is 2.41. The van der Waals surface area contributed by atoms with E-state index in [2.05, 4.69) is 5.32 Å². The van der Waals surface area contributed by atoms with Crippen molar-refractivity contribution in [1.82, 2.24) is 5.32 Å². The number of hydrogen-bond acceptors (Lipinski definition) is 4. The Hall–Kier alpha value is -0.610. The number of carbonyl (C=O) groups excluding carboxylic acids is 1. The van der Waals surface area contributed by atoms with Crippen LogP contribution in [-0.2, 0) is 14.3 Å². The molecule has 0 saturated carbocycles. The predicted molar refractivity (Wildman–Crippen MR) is 48.4 cm³/mol. The van der Waals surface area contributed by atoms with E-state index in [0.717, 1.165) is 13.0 Å². The van der Waals surface area contributed by atoms with Crippen LogP contribution < -0.4 is 5.32 Å². The first-order chi connectivity index (χ1) is 6.12. The molecule has 0 bridgehead atoms. The monoisotopic (exact) mass is 187 g/mol. The van der Waals surface area contributed by atoms with Gasteiger partial charge < -0.3 is 14.8 Å². The molecule has 0 spiro atoms. The fourth-order valence-corrected chi connectivity index (χ4v) is 1.83. The Labute approximate surface area is 78.6 Å². The first kappa shape index (κ1) is 10.5. The summed E-state index contributed by atoms with van der Waals surface area (Å²) in [4.78, 5) is 11.4. The summed E-state index contributed by atoms with van der Waals surface area (Å²) >= 11 is 0. The molecule has 1 saturated heterocycles. The first-order valence-corrected chi connectivity index (χ1v) is 4.45. The fourth-order valence-electron chi connectivity index (χ4n) is 1.83. The Bertz CT molecular complexity index is 195. The molecule has 1 heterocycles. The van der Waals surface area contributed by atoms with E-state index in [0.29, 0.717) is 12.5 Å². The SMILES string of the molecule is COCC1CNC(C)(C(=O)OC)C1. The number of rotatable bonds is 3. The molecule has 1 aliphatic heterocycles. The van der Waals surface area contributed by atoms with Gasteiger partial charge in [0.25, 0.3) is 0 Å². The van der Waals surface area contributed by atoms with Crippen molar-refractivity contribution in [3.05, 3.63) is 0 Å². The maximum atomic E-state index is 11.4. The third-order valence-corrected chi connectivity index (χ3v) is 2.52. The quantitative estimate of drug-likeness (QED) is 0.640. The summed E-state index contributed by atoms with van der Waals surface area (Å²) in [5.74, 6) is 0.222. The Balaban J connectivity index is 2.50. The fraction of sp³-hybridized carbons (Fsp3) is 0.889. The standard InChI is InChI=1S/C9H17NO3/c1-9(8(11)13-3)4-7(5-10-9)6-12-2/h7,10H,4-6H2,1-3H3. The molecule has 0 aliphatic carbocycles. The van der Waals surface area contributed by atoms with Gasteiger partial charge in [-0.2, -0.15) is 0 Å². The van der Waals surface area contributed by atoms with Crippen molar-refractivity contribution in [2.45, 2.75) is 18.9 Å². The molecule has 0 aromatic heterocycles. The molecule has 1 fully saturated rings. The van der Waals surface area contributed by atoms with Crippen molar-refractivity contribution in [2.24, 2.45) is 5.92 Å². The lowest BCUT2D eigenvalue weighted by atomic mass is 9.95. The van der Waals surface area contributed by atoms with E-state index in [1.165, 1.54) is 7.11 Å². The van der Waals surface area contributed by atoms with Gasteiger partial charge in [-0.1, -0.05) is 0 Å². The Morgan fingerprint density at radius 3 is 2.85 bits per heavy atom. The van der Waals surface area contributed by atoms with Crippen molar-refractivity contribution in [1.29, 1.82) is 0 Å². The molecule has 0 aromatic rings. The molecule has 2 unspecified atom stereocenters. The molecule has 1 aliphatic rings. The van der Waals surface area contributed by atoms with Crippen molar-refractivity contribution in [3.63, 3.8) is 0 Å². The molecular formula is C9H17NO3. The second kappa shape index (κ2) is 4.07. The number of ether oxygens (including phenoxy) is 2. The van der Waals surface area contributed by atoms with Crippen LogP contribution in [0.3, 0.4) is 0 Å². The molecular weight excluding hydrogens is 170 g/mol. The van der Waals surface area contributed by atoms with Gasteiger partial charge >= 0.3 is 5.97 Å². The van der Waals surface area contributed by atoms with Crippen LogP contribution in [0.25, 0.3) is 0 Å². The van der Waals surface area contributed by atoms with Crippen LogP contribution in [-0.4, -0.2) is 38.9 Å². The minimum atomic E-state index is -0.516. The normalized spacial score (nSPS) is 33.3. The third-order valence-electron chi connectivity index (χ3n) is 2.52. The van der Waals surface area contributed by atoms with Gasteiger partial charge in [-0.3, -0.25) is 4.79 Å². The minimum absolute atomic E-state index is 0.189. The van der Waals surface area contributed by atoms with E-state index >= 15 is 0 Å². The Morgan fingerprint density at radius 2 is 2.31 bits per heavy atom. The lowest BCUT2D eigenvalue weighted by Gasteiger charge is -2.20. The van der Waals surface area contributed by atoms with E-state index in [1.807, 2.05) is 6.92 Å². The van der Waals surface area contributed by atoms with Crippen LogP contribution in [0.4, 0.5) is 0 Å². The second-order valence-corrected chi connectivity index (χ2v) is 3.73. The van der Waals surface area contributed by atoms with Crippen LogP contribution in [0, 0.1) is 5.92 Å². The van der Waals surface area contributed by atoms with Crippen LogP contribution in [0.5, 0.6) is 0 Å². The average Bonchev–Trinajstić information content (AvgIpc) is 2.48.